The van der Waals surface area contributed by atoms with Crippen molar-refractivity contribution in [2.45, 2.75) is 26.1 Å². The van der Waals surface area contributed by atoms with Gasteiger partial charge in [-0.25, -0.2) is 9.59 Å². The van der Waals surface area contributed by atoms with Gasteiger partial charge < -0.3 is 34.2 Å². The van der Waals surface area contributed by atoms with Gasteiger partial charge in [-0.15, -0.1) is 0 Å². The molecule has 10 N–H and O–H groups in total. The van der Waals surface area contributed by atoms with Gasteiger partial charge in [0.05, 0.1) is 0 Å². The smallest absolute Gasteiger partial charge is 1.00 e. The van der Waals surface area contributed by atoms with Crippen LogP contribution < -0.4 is 41.9 Å². The van der Waals surface area contributed by atoms with Crippen LogP contribution in [0.3, 0.4) is 0 Å². The molecule has 0 fully saturated rings. The Balaban J connectivity index is -0.0000000139. The topological polar surface area (TPSA) is 185 Å². The van der Waals surface area contributed by atoms with Crippen LogP contribution in [0.15, 0.2) is 0 Å². The minimum atomic E-state index is -1.23. The summed E-state index contributed by atoms with van der Waals surface area (Å²) < 4.78 is 0. The maximum atomic E-state index is 9.45. The minimum Gasteiger partial charge on any atom is -1.00 e. The molecule has 0 aliphatic carbocycles. The van der Waals surface area contributed by atoms with E-state index in [4.69, 9.17) is 20.4 Å². The Morgan fingerprint density at radius 2 is 0.941 bits per heavy atom. The van der Waals surface area contributed by atoms with Crippen LogP contribution in [0.25, 0.3) is 0 Å². The minimum absolute atomic E-state index is 0. The first-order valence-electron chi connectivity index (χ1n) is 3.10. The first kappa shape index (κ1) is 42.9. The van der Waals surface area contributed by atoms with E-state index in [2.05, 4.69) is 0 Å². The molecule has 0 bridgehead atoms. The second kappa shape index (κ2) is 25.9. The van der Waals surface area contributed by atoms with E-state index < -0.39 is 24.1 Å². The fourth-order valence-electron chi connectivity index (χ4n) is 0. The van der Waals surface area contributed by atoms with Gasteiger partial charge in [0.1, 0.15) is 12.2 Å². The Labute approximate surface area is 153 Å². The Morgan fingerprint density at radius 3 is 0.941 bits per heavy atom. The number of rotatable bonds is 2. The summed E-state index contributed by atoms with van der Waals surface area (Å²) in [7, 11) is 0. The molecule has 0 amide bonds. The van der Waals surface area contributed by atoms with E-state index >= 15 is 0 Å². The van der Waals surface area contributed by atoms with Crippen LogP contribution >= 0.6 is 0 Å². The number of carboxylic acids is 2. The molecule has 0 rings (SSSR count). The molecule has 0 radical (unpaired) electrons. The third-order valence-corrected chi connectivity index (χ3v) is 0.715. The monoisotopic (exact) mass is 334 g/mol. The van der Waals surface area contributed by atoms with Crippen molar-refractivity contribution in [3.8, 4) is 0 Å². The number of aliphatic hydroxyl groups excluding tert-OH is 2. The largest absolute Gasteiger partial charge is 1.00 e. The van der Waals surface area contributed by atoms with Gasteiger partial charge in [0.25, 0.3) is 0 Å². The summed E-state index contributed by atoms with van der Waals surface area (Å²) in [5, 5.41) is 31.5. The second-order valence-corrected chi connectivity index (χ2v) is 2.03. The number of carbonyl (C=O) groups is 2. The van der Waals surface area contributed by atoms with Crippen LogP contribution in [0.4, 0.5) is 0 Å². The van der Waals surface area contributed by atoms with Gasteiger partial charge in [0.15, 0.2) is 0 Å². The molecule has 2 atom stereocenters. The van der Waals surface area contributed by atoms with Gasteiger partial charge in [0.2, 0.25) is 0 Å². The van der Waals surface area contributed by atoms with Crippen molar-refractivity contribution in [2.75, 3.05) is 0 Å². The molecule has 98 valence electrons. The second-order valence-electron chi connectivity index (χ2n) is 2.03. The zero-order chi connectivity index (χ0) is 10.3. The predicted molar refractivity (Wildman–Crippen MR) is 49.8 cm³/mol. The van der Waals surface area contributed by atoms with E-state index in [1.54, 1.807) is 0 Å². The van der Waals surface area contributed by atoms with Gasteiger partial charge in [-0.3, -0.25) is 0 Å². The average Bonchev–Trinajstić information content (AvgIpc) is 1.88. The molecule has 11 heteroatoms. The summed E-state index contributed by atoms with van der Waals surface area (Å²) in [4.78, 5) is 18.9. The third kappa shape index (κ3) is 46.9. The van der Waals surface area contributed by atoms with E-state index in [1.165, 1.54) is 13.8 Å². The van der Waals surface area contributed by atoms with Gasteiger partial charge >= 0.3 is 41.5 Å². The molecule has 0 spiro atoms. The molecule has 0 aromatic heterocycles. The van der Waals surface area contributed by atoms with Crippen molar-refractivity contribution in [2.24, 2.45) is 0 Å². The van der Waals surface area contributed by atoms with Crippen LogP contribution in [0.5, 0.6) is 0 Å². The van der Waals surface area contributed by atoms with Gasteiger partial charge in [0, 0.05) is 43.4 Å². The molecule has 0 aliphatic heterocycles. The predicted octanol–water partition coefficient (Wildman–Crippen LogP) is -3.66. The van der Waals surface area contributed by atoms with E-state index in [1.807, 2.05) is 0 Å². The van der Waals surface area contributed by atoms with Crippen molar-refractivity contribution in [1.29, 1.82) is 0 Å². The summed E-state index contributed by atoms with van der Waals surface area (Å²) in [6.07, 6.45) is -2.46. The number of aliphatic hydroxyl groups is 2. The molecule has 0 aromatic rings. The number of aliphatic carboxylic acids is 2. The van der Waals surface area contributed by atoms with Gasteiger partial charge in [-0.05, 0) is 13.8 Å². The van der Waals surface area contributed by atoms with Crippen LogP contribution in [-0.2, 0) is 53.0 Å². The zero-order valence-electron chi connectivity index (χ0n) is 11.2. The Hall–Kier alpha value is 1.21. The number of hydrogen-bond donors (Lipinski definition) is 6. The summed E-state index contributed by atoms with van der Waals surface area (Å²) in [5.41, 5.74) is 0. The molecular weight excluding hydrogens is 315 g/mol. The number of hydrogen-bond acceptors (Lipinski definition) is 6. The van der Waals surface area contributed by atoms with E-state index in [9.17, 15) is 9.59 Å². The fraction of sp³-hybridized carbons (Fsp3) is 0.667. The average molecular weight is 334 g/mol. The van der Waals surface area contributed by atoms with Gasteiger partial charge in [-0.2, -0.15) is 0 Å². The Morgan fingerprint density at radius 1 is 0.882 bits per heavy atom. The van der Waals surface area contributed by atoms with Crippen molar-refractivity contribution in [3.63, 3.8) is 0 Å². The zero-order valence-corrected chi connectivity index (χ0v) is 15.3. The van der Waals surface area contributed by atoms with E-state index in [-0.39, 0.29) is 86.7 Å². The molecule has 0 saturated carbocycles. The van der Waals surface area contributed by atoms with Crippen molar-refractivity contribution < 1.29 is 104 Å². The third-order valence-electron chi connectivity index (χ3n) is 0.715. The fourth-order valence-corrected chi connectivity index (χ4v) is 0. The summed E-state index contributed by atoms with van der Waals surface area (Å²) in [6, 6.07) is 0. The summed E-state index contributed by atoms with van der Waals surface area (Å²) in [5.74, 6) is -2.37. The molecule has 0 heterocycles. The Kier molecular flexibility index (Phi) is 65.4. The summed E-state index contributed by atoms with van der Waals surface area (Å²) >= 11 is 0. The van der Waals surface area contributed by atoms with Crippen molar-refractivity contribution in [1.82, 2.24) is 12.3 Å². The molecular formula is C6H19N2NaO6Ti2. The first-order valence-corrected chi connectivity index (χ1v) is 3.10. The first-order chi connectivity index (χ1) is 5.29. The van der Waals surface area contributed by atoms with E-state index in [0.717, 1.165) is 0 Å². The van der Waals surface area contributed by atoms with E-state index in [0.29, 0.717) is 0 Å². The quantitative estimate of drug-likeness (QED) is 0.279. The van der Waals surface area contributed by atoms with Crippen LogP contribution in [-0.4, -0.2) is 44.6 Å². The van der Waals surface area contributed by atoms with Crippen LogP contribution in [0.2, 0.25) is 0 Å². The van der Waals surface area contributed by atoms with Gasteiger partial charge in [-0.1, -0.05) is 0 Å². The van der Waals surface area contributed by atoms with Crippen molar-refractivity contribution >= 4 is 11.9 Å². The normalized spacial score (nSPS) is 9.65. The van der Waals surface area contributed by atoms with Crippen LogP contribution in [0, 0.1) is 0 Å². The molecule has 0 aromatic carbocycles. The standard InChI is InChI=1S/2C3H6O3.2H3N.Na.2Ti.H/c2*1-2(4)3(5)6;;;;;;/h2*2,4H,1H3,(H,5,6);2*1H3;;;;/q;;;;+1;;;-1. The Bertz CT molecular complexity index is 160. The summed E-state index contributed by atoms with van der Waals surface area (Å²) in [6.45, 7) is 2.39. The molecule has 8 nitrogen and oxygen atoms in total. The molecule has 17 heavy (non-hydrogen) atoms. The molecule has 2 unspecified atom stereocenters. The maximum Gasteiger partial charge on any atom is 1.00 e. The van der Waals surface area contributed by atoms with Crippen LogP contribution in [0.1, 0.15) is 15.3 Å². The molecule has 0 aliphatic rings. The number of carboxylic acid groups (broad SMARTS) is 2. The molecule has 0 saturated heterocycles. The maximum absolute atomic E-state index is 9.45. The van der Waals surface area contributed by atoms with Crippen molar-refractivity contribution in [3.05, 3.63) is 0 Å². The SMILES string of the molecule is CC(O)C(=O)O.CC(O)C(=O)O.N.N.[H-].[Na+].[Ti].[Ti].